The Morgan fingerprint density at radius 2 is 0.833 bits per heavy atom. The van der Waals surface area contributed by atoms with Gasteiger partial charge in [-0.15, -0.1) is 23.5 Å². The van der Waals surface area contributed by atoms with Crippen LogP contribution >= 0.6 is 23.5 Å². The quantitative estimate of drug-likeness (QED) is 0.0901. The summed E-state index contributed by atoms with van der Waals surface area (Å²) < 4.78 is 7.10. The second-order valence-electron chi connectivity index (χ2n) is 20.2. The number of phenolic OH excluding ortho intramolecular Hbond substituents is 2. The van der Waals surface area contributed by atoms with E-state index in [4.69, 9.17) is 4.43 Å². The predicted molar refractivity (Wildman–Crippen MR) is 239 cm³/mol. The summed E-state index contributed by atoms with van der Waals surface area (Å²) in [5, 5.41) is 25.8. The topological polar surface area (TPSA) is 49.7 Å². The van der Waals surface area contributed by atoms with Crippen LogP contribution in [-0.2, 0) is 26.1 Å². The summed E-state index contributed by atoms with van der Waals surface area (Å²) in [5.41, 5.74) is 2.84. The zero-order valence-corrected chi connectivity index (χ0v) is 38.7. The average Bonchev–Trinajstić information content (AvgIpc) is 3.03. The number of hydrogen-bond acceptors (Lipinski definition) is 5. The van der Waals surface area contributed by atoms with Crippen LogP contribution in [0.2, 0.25) is 5.04 Å². The van der Waals surface area contributed by atoms with Gasteiger partial charge in [-0.05, 0) is 81.6 Å². The van der Waals surface area contributed by atoms with Crippen LogP contribution in [0.1, 0.15) is 139 Å². The van der Waals surface area contributed by atoms with Crippen LogP contribution in [0.3, 0.4) is 0 Å². The number of thioether (sulfide) groups is 2. The average molecular weight is 785 g/mol. The molecule has 0 saturated heterocycles. The predicted octanol–water partition coefficient (Wildman–Crippen LogP) is 12.9. The molecule has 0 unspecified atom stereocenters. The number of aromatic hydroxyl groups is 2. The van der Waals surface area contributed by atoms with Gasteiger partial charge in [0.25, 0.3) is 8.32 Å². The third-order valence-corrected chi connectivity index (χ3v) is 18.0. The van der Waals surface area contributed by atoms with Crippen LogP contribution in [0.5, 0.6) is 11.5 Å². The fraction of sp³-hybridized carbons (Fsp3) is 0.500. The SMILES string of the molecule is CC(C)(Sc1cc(C(C)(C)C)c(O)c(C(C)(C)C)c1)Sc1cc(C(C)(C)C)c(O)c(C(C)(C)CCO[Si](c2ccccc2)(c2ccccc2)C(C)(C)C)c1. The molecule has 4 aromatic carbocycles. The summed E-state index contributed by atoms with van der Waals surface area (Å²) in [6.45, 7) is 36.1. The van der Waals surface area contributed by atoms with Crippen LogP contribution in [0.4, 0.5) is 0 Å². The molecule has 0 heterocycles. The molecule has 0 amide bonds. The van der Waals surface area contributed by atoms with Crippen molar-refractivity contribution in [3.05, 3.63) is 107 Å². The molecule has 2 N–H and O–H groups in total. The molecule has 6 heteroatoms. The molecule has 294 valence electrons. The largest absolute Gasteiger partial charge is 0.507 e. The molecule has 0 aliphatic heterocycles. The molecule has 0 aliphatic rings. The first-order chi connectivity index (χ1) is 24.6. The van der Waals surface area contributed by atoms with Crippen LogP contribution in [0.15, 0.2) is 94.7 Å². The lowest BCUT2D eigenvalue weighted by molar-refractivity contribution is 0.255. The van der Waals surface area contributed by atoms with E-state index in [9.17, 15) is 10.2 Å². The summed E-state index contributed by atoms with van der Waals surface area (Å²) in [4.78, 5) is 2.29. The smallest absolute Gasteiger partial charge is 0.261 e. The van der Waals surface area contributed by atoms with Crippen molar-refractivity contribution in [2.75, 3.05) is 6.61 Å². The van der Waals surface area contributed by atoms with Crippen molar-refractivity contribution < 1.29 is 14.6 Å². The fourth-order valence-electron chi connectivity index (χ4n) is 7.51. The zero-order chi connectivity index (χ0) is 40.7. The van der Waals surface area contributed by atoms with Crippen molar-refractivity contribution >= 4 is 42.2 Å². The van der Waals surface area contributed by atoms with Crippen molar-refractivity contribution in [2.45, 2.75) is 158 Å². The van der Waals surface area contributed by atoms with Gasteiger partial charge in [0.05, 0.1) is 4.08 Å². The summed E-state index contributed by atoms with van der Waals surface area (Å²) in [7, 11) is -2.71. The first-order valence-corrected chi connectivity index (χ1v) is 23.0. The highest BCUT2D eigenvalue weighted by Crippen LogP contribution is 2.51. The third-order valence-electron chi connectivity index (χ3n) is 10.5. The lowest BCUT2D eigenvalue weighted by Gasteiger charge is -2.43. The molecule has 0 fully saturated rings. The highest BCUT2D eigenvalue weighted by Gasteiger charge is 2.50. The monoisotopic (exact) mass is 784 g/mol. The van der Waals surface area contributed by atoms with E-state index in [1.165, 1.54) is 10.4 Å². The molecule has 0 atom stereocenters. The van der Waals surface area contributed by atoms with E-state index >= 15 is 0 Å². The van der Waals surface area contributed by atoms with E-state index in [2.05, 4.69) is 196 Å². The van der Waals surface area contributed by atoms with Crippen LogP contribution in [0.25, 0.3) is 0 Å². The van der Waals surface area contributed by atoms with E-state index in [0.29, 0.717) is 18.1 Å². The number of rotatable bonds is 11. The molecular formula is C48H68O3S2Si. The number of hydrogen-bond donors (Lipinski definition) is 2. The van der Waals surface area contributed by atoms with Gasteiger partial charge >= 0.3 is 0 Å². The number of benzene rings is 4. The van der Waals surface area contributed by atoms with E-state index < -0.39 is 8.32 Å². The molecule has 0 aliphatic carbocycles. The standard InChI is InChI=1S/C48H68O3S2Si/c1-43(2,3)37-29-33(30-38(41(37)49)44(4,5)6)52-48(15,16)53-34-31-39(45(7,8)9)42(50)40(32-34)47(13,14)27-28-51-54(46(10,11)12,35-23-19-17-20-24-35)36-25-21-18-22-26-36/h17-26,29-32,49-50H,27-28H2,1-16H3. The summed E-state index contributed by atoms with van der Waals surface area (Å²) in [6.07, 6.45) is 0.750. The highest BCUT2D eigenvalue weighted by atomic mass is 32.2. The van der Waals surface area contributed by atoms with Crippen LogP contribution in [0, 0.1) is 0 Å². The Bertz CT molecular complexity index is 1810. The van der Waals surface area contributed by atoms with Crippen molar-refractivity contribution in [1.82, 2.24) is 0 Å². The van der Waals surface area contributed by atoms with Gasteiger partial charge in [-0.3, -0.25) is 0 Å². The lowest BCUT2D eigenvalue weighted by atomic mass is 9.77. The Balaban J connectivity index is 1.72. The van der Waals surface area contributed by atoms with Crippen LogP contribution < -0.4 is 10.4 Å². The van der Waals surface area contributed by atoms with Crippen molar-refractivity contribution in [3.63, 3.8) is 0 Å². The molecule has 4 rings (SSSR count). The van der Waals surface area contributed by atoms with Gasteiger partial charge in [0.1, 0.15) is 11.5 Å². The molecule has 54 heavy (non-hydrogen) atoms. The third kappa shape index (κ3) is 9.83. The van der Waals surface area contributed by atoms with Gasteiger partial charge in [-0.2, -0.15) is 0 Å². The molecule has 0 aromatic heterocycles. The van der Waals surface area contributed by atoms with Gasteiger partial charge < -0.3 is 14.6 Å². The second kappa shape index (κ2) is 15.7. The van der Waals surface area contributed by atoms with Crippen LogP contribution in [-0.4, -0.2) is 29.2 Å². The Morgan fingerprint density at radius 3 is 1.17 bits per heavy atom. The molecule has 3 nitrogen and oxygen atoms in total. The fourth-order valence-corrected chi connectivity index (χ4v) is 14.7. The Labute approximate surface area is 338 Å². The van der Waals surface area contributed by atoms with Gasteiger partial charge in [-0.1, -0.05) is 158 Å². The minimum atomic E-state index is -2.71. The minimum absolute atomic E-state index is 0.111. The summed E-state index contributed by atoms with van der Waals surface area (Å²) >= 11 is 3.66. The summed E-state index contributed by atoms with van der Waals surface area (Å²) in [5.74, 6) is 0.792. The van der Waals surface area contributed by atoms with E-state index in [1.807, 2.05) is 23.5 Å². The second-order valence-corrected chi connectivity index (χ2v) is 28.2. The number of phenols is 2. The molecular weight excluding hydrogens is 717 g/mol. The van der Waals surface area contributed by atoms with Gasteiger partial charge in [-0.25, -0.2) is 0 Å². The minimum Gasteiger partial charge on any atom is -0.507 e. The summed E-state index contributed by atoms with van der Waals surface area (Å²) in [6, 6.07) is 30.4. The maximum absolute atomic E-state index is 12.0. The molecule has 0 spiro atoms. The first-order valence-electron chi connectivity index (χ1n) is 19.5. The van der Waals surface area contributed by atoms with Crippen molar-refractivity contribution in [3.8, 4) is 11.5 Å². The molecule has 4 aromatic rings. The van der Waals surface area contributed by atoms with E-state index in [0.717, 1.165) is 38.5 Å². The Hall–Kier alpha value is -2.64. The molecule has 0 saturated carbocycles. The highest BCUT2D eigenvalue weighted by molar-refractivity contribution is 8.18. The Morgan fingerprint density at radius 1 is 0.500 bits per heavy atom. The van der Waals surface area contributed by atoms with Crippen molar-refractivity contribution in [1.29, 1.82) is 0 Å². The maximum Gasteiger partial charge on any atom is 0.261 e. The normalized spacial score (nSPS) is 13.7. The van der Waals surface area contributed by atoms with E-state index in [1.54, 1.807) is 0 Å². The van der Waals surface area contributed by atoms with Crippen molar-refractivity contribution in [2.24, 2.45) is 0 Å². The Kier molecular flexibility index (Phi) is 12.8. The van der Waals surface area contributed by atoms with Gasteiger partial charge in [0.15, 0.2) is 0 Å². The zero-order valence-electron chi connectivity index (χ0n) is 36.1. The van der Waals surface area contributed by atoms with E-state index in [-0.39, 0.29) is 30.8 Å². The molecule has 0 bridgehead atoms. The lowest BCUT2D eigenvalue weighted by Crippen LogP contribution is -2.66. The first kappa shape index (κ1) is 44.1. The van der Waals surface area contributed by atoms with Gasteiger partial charge in [0, 0.05) is 38.7 Å². The molecule has 0 radical (unpaired) electrons. The van der Waals surface area contributed by atoms with Gasteiger partial charge in [0.2, 0.25) is 0 Å². The maximum atomic E-state index is 12.0.